The molecular weight excluding hydrogens is 334 g/mol. The summed E-state index contributed by atoms with van der Waals surface area (Å²) in [4.78, 5) is 4.74. The summed E-state index contributed by atoms with van der Waals surface area (Å²) in [6.07, 6.45) is 1.15. The van der Waals surface area contributed by atoms with E-state index < -0.39 is 0 Å². The molecule has 0 spiro atoms. The van der Waals surface area contributed by atoms with E-state index in [0.29, 0.717) is 11.7 Å². The minimum Gasteiger partial charge on any atom is -0.282 e. The molecule has 0 fully saturated rings. The van der Waals surface area contributed by atoms with Crippen molar-refractivity contribution in [3.05, 3.63) is 77.0 Å². The van der Waals surface area contributed by atoms with E-state index in [0.717, 1.165) is 35.7 Å². The van der Waals surface area contributed by atoms with Crippen LogP contribution < -0.4 is 10.4 Å². The van der Waals surface area contributed by atoms with E-state index in [-0.39, 0.29) is 0 Å². The highest BCUT2D eigenvalue weighted by molar-refractivity contribution is 6.03. The van der Waals surface area contributed by atoms with E-state index in [1.807, 2.05) is 19.1 Å². The van der Waals surface area contributed by atoms with Gasteiger partial charge in [0.25, 0.3) is 0 Å². The van der Waals surface area contributed by atoms with Crippen LogP contribution in [0.1, 0.15) is 48.6 Å². The maximum absolute atomic E-state index is 4.74. The second kappa shape index (κ2) is 7.27. The Bertz CT molecular complexity index is 955. The molecule has 0 saturated heterocycles. The van der Waals surface area contributed by atoms with E-state index in [9.17, 15) is 0 Å². The van der Waals surface area contributed by atoms with Crippen LogP contribution in [0.5, 0.6) is 0 Å². The first-order chi connectivity index (χ1) is 13.1. The molecule has 3 aromatic rings. The monoisotopic (exact) mass is 359 g/mol. The quantitative estimate of drug-likeness (QED) is 0.701. The number of amidine groups is 1. The molecular formula is C22H25N5. The van der Waals surface area contributed by atoms with Crippen LogP contribution >= 0.6 is 0 Å². The lowest BCUT2D eigenvalue weighted by Gasteiger charge is -2.33. The van der Waals surface area contributed by atoms with Gasteiger partial charge in [-0.25, -0.2) is 4.99 Å². The molecule has 5 heteroatoms. The predicted molar refractivity (Wildman–Crippen MR) is 110 cm³/mol. The molecule has 2 heterocycles. The summed E-state index contributed by atoms with van der Waals surface area (Å²) < 4.78 is 0. The molecule has 0 amide bonds. The molecule has 1 atom stereocenters. The van der Waals surface area contributed by atoms with Crippen molar-refractivity contribution in [2.24, 2.45) is 4.99 Å². The third kappa shape index (κ3) is 3.58. The number of hydrogen-bond acceptors (Lipinski definition) is 3. The van der Waals surface area contributed by atoms with Gasteiger partial charge >= 0.3 is 0 Å². The summed E-state index contributed by atoms with van der Waals surface area (Å²) in [6.45, 7) is 7.25. The van der Waals surface area contributed by atoms with Crippen LogP contribution in [-0.2, 0) is 6.54 Å². The Morgan fingerprint density at radius 3 is 2.63 bits per heavy atom. The number of nitrogens with one attached hydrogen (secondary N) is 2. The molecule has 27 heavy (non-hydrogen) atoms. The van der Waals surface area contributed by atoms with Gasteiger partial charge in [0.2, 0.25) is 0 Å². The first kappa shape index (κ1) is 17.3. The zero-order chi connectivity index (χ0) is 18.8. The molecule has 0 aliphatic carbocycles. The minimum atomic E-state index is 0.578. The number of anilines is 1. The summed E-state index contributed by atoms with van der Waals surface area (Å²) in [6, 6.07) is 19.1. The molecule has 1 aliphatic rings. The molecule has 2 aromatic carbocycles. The van der Waals surface area contributed by atoms with Crippen LogP contribution in [0.2, 0.25) is 0 Å². The number of nitrogens with zero attached hydrogens (tertiary/aromatic N) is 3. The van der Waals surface area contributed by atoms with Gasteiger partial charge in [-0.2, -0.15) is 5.10 Å². The number of H-pyrrole nitrogens is 1. The Labute approximate surface area is 160 Å². The second-order valence-electron chi connectivity index (χ2n) is 7.13. The Morgan fingerprint density at radius 1 is 1.15 bits per heavy atom. The van der Waals surface area contributed by atoms with E-state index in [1.165, 1.54) is 11.1 Å². The number of aromatic amines is 1. The highest BCUT2D eigenvalue weighted by Crippen LogP contribution is 2.26. The molecule has 1 unspecified atom stereocenters. The maximum Gasteiger partial charge on any atom is 0.176 e. The van der Waals surface area contributed by atoms with Crippen molar-refractivity contribution in [3.63, 3.8) is 0 Å². The number of benzene rings is 2. The zero-order valence-electron chi connectivity index (χ0n) is 16.0. The lowest BCUT2D eigenvalue weighted by molar-refractivity contribution is 0.726. The summed E-state index contributed by atoms with van der Waals surface area (Å²) in [5.74, 6) is 2.07. The van der Waals surface area contributed by atoms with Crippen molar-refractivity contribution in [3.8, 4) is 0 Å². The Balaban J connectivity index is 1.67. The van der Waals surface area contributed by atoms with Crippen molar-refractivity contribution >= 4 is 17.3 Å². The van der Waals surface area contributed by atoms with Gasteiger partial charge in [0.15, 0.2) is 11.7 Å². The summed E-state index contributed by atoms with van der Waals surface area (Å²) >= 11 is 0. The van der Waals surface area contributed by atoms with Gasteiger partial charge in [-0.15, -0.1) is 0 Å². The molecule has 1 aliphatic heterocycles. The van der Waals surface area contributed by atoms with Crippen molar-refractivity contribution in [1.29, 1.82) is 0 Å². The Kier molecular flexibility index (Phi) is 4.67. The van der Waals surface area contributed by atoms with Crippen molar-refractivity contribution in [1.82, 2.24) is 15.6 Å². The maximum atomic E-state index is 4.74. The number of aromatic nitrogens is 2. The predicted octanol–water partition coefficient (Wildman–Crippen LogP) is 4.83. The third-order valence-corrected chi connectivity index (χ3v) is 5.15. The van der Waals surface area contributed by atoms with E-state index >= 15 is 0 Å². The highest BCUT2D eigenvalue weighted by atomic mass is 15.5. The van der Waals surface area contributed by atoms with Gasteiger partial charge in [0, 0.05) is 17.3 Å². The summed E-state index contributed by atoms with van der Waals surface area (Å²) in [7, 11) is 0. The van der Waals surface area contributed by atoms with Crippen LogP contribution in [0.25, 0.3) is 0 Å². The topological polar surface area (TPSA) is 56.3 Å². The fourth-order valence-electron chi connectivity index (χ4n) is 3.32. The largest absolute Gasteiger partial charge is 0.282 e. The first-order valence-electron chi connectivity index (χ1n) is 9.47. The molecule has 0 radical (unpaired) electrons. The smallest absolute Gasteiger partial charge is 0.176 e. The van der Waals surface area contributed by atoms with Crippen LogP contribution in [0.15, 0.2) is 59.6 Å². The summed E-state index contributed by atoms with van der Waals surface area (Å²) in [5.41, 5.74) is 9.33. The highest BCUT2D eigenvalue weighted by Gasteiger charge is 2.21. The Morgan fingerprint density at radius 2 is 1.93 bits per heavy atom. The van der Waals surface area contributed by atoms with Gasteiger partial charge in [0.05, 0.1) is 12.2 Å². The molecule has 5 nitrogen and oxygen atoms in total. The fraction of sp³-hybridized carbons (Fsp3) is 0.273. The van der Waals surface area contributed by atoms with Gasteiger partial charge in [-0.3, -0.25) is 15.5 Å². The molecule has 138 valence electrons. The second-order valence-corrected chi connectivity index (χ2v) is 7.13. The zero-order valence-corrected chi connectivity index (χ0v) is 16.0. The fourth-order valence-corrected chi connectivity index (χ4v) is 3.32. The first-order valence-corrected chi connectivity index (χ1v) is 9.47. The van der Waals surface area contributed by atoms with Gasteiger partial charge in [-0.1, -0.05) is 50.2 Å². The number of aryl methyl sites for hydroxylation is 1. The van der Waals surface area contributed by atoms with Crippen LogP contribution in [0, 0.1) is 6.92 Å². The van der Waals surface area contributed by atoms with Crippen molar-refractivity contribution < 1.29 is 0 Å². The number of fused-ring (bicyclic) bond motifs is 1. The lowest BCUT2D eigenvalue weighted by Crippen LogP contribution is -2.46. The summed E-state index contributed by atoms with van der Waals surface area (Å²) in [5, 5.41) is 9.34. The van der Waals surface area contributed by atoms with Crippen LogP contribution in [-0.4, -0.2) is 16.0 Å². The minimum absolute atomic E-state index is 0.578. The number of hydrogen-bond donors (Lipinski definition) is 2. The number of hydrazine groups is 1. The average molecular weight is 359 g/mol. The molecule has 0 saturated carbocycles. The lowest BCUT2D eigenvalue weighted by atomic mass is 9.98. The standard InChI is InChI=1S/C22H25N5/c1-4-15(2)17-9-11-19(12-10-17)27-14-18-7-5-6-8-20(18)22(26-27)23-21-13-16(3)24-25-21/h5-13,15H,4,14H2,1-3H3,(H2,23,24,25,26). The van der Waals surface area contributed by atoms with Gasteiger partial charge in [-0.05, 0) is 42.5 Å². The van der Waals surface area contributed by atoms with Crippen molar-refractivity contribution in [2.75, 3.05) is 5.01 Å². The van der Waals surface area contributed by atoms with E-state index in [2.05, 4.69) is 76.9 Å². The Hall–Kier alpha value is -3.08. The molecule has 2 N–H and O–H groups in total. The third-order valence-electron chi connectivity index (χ3n) is 5.15. The van der Waals surface area contributed by atoms with E-state index in [1.54, 1.807) is 0 Å². The van der Waals surface area contributed by atoms with Crippen LogP contribution in [0.3, 0.4) is 0 Å². The van der Waals surface area contributed by atoms with Gasteiger partial charge < -0.3 is 0 Å². The SMILES string of the molecule is CCC(C)c1ccc(N2Cc3ccccc3C(=Nc3cc(C)[nH]n3)N2)cc1. The molecule has 0 bridgehead atoms. The van der Waals surface area contributed by atoms with Crippen molar-refractivity contribution in [2.45, 2.75) is 39.7 Å². The molecule has 4 rings (SSSR count). The molecule has 1 aromatic heterocycles. The number of rotatable bonds is 4. The normalized spacial score (nSPS) is 16.1. The van der Waals surface area contributed by atoms with Crippen LogP contribution in [0.4, 0.5) is 11.5 Å². The van der Waals surface area contributed by atoms with Gasteiger partial charge in [0.1, 0.15) is 0 Å². The van der Waals surface area contributed by atoms with E-state index in [4.69, 9.17) is 4.99 Å². The average Bonchev–Trinajstić information content (AvgIpc) is 3.12. The number of aliphatic imine (C=N–C) groups is 1.